The second-order valence-electron chi connectivity index (χ2n) is 3.75. The van der Waals surface area contributed by atoms with Crippen molar-refractivity contribution in [2.45, 2.75) is 17.0 Å². The first-order valence-electron chi connectivity index (χ1n) is 5.23. The molecule has 1 aliphatic heterocycles. The van der Waals surface area contributed by atoms with Gasteiger partial charge in [0, 0.05) is 17.3 Å². The number of imidazole rings is 1. The quantitative estimate of drug-likeness (QED) is 0.726. The van der Waals surface area contributed by atoms with E-state index in [1.54, 1.807) is 23.5 Å². The van der Waals surface area contributed by atoms with Crippen molar-refractivity contribution in [1.82, 2.24) is 9.55 Å². The molecule has 0 atom stereocenters. The third-order valence-corrected chi connectivity index (χ3v) is 4.23. The maximum absolute atomic E-state index is 4.71. The lowest BCUT2D eigenvalue weighted by atomic mass is 10.2. The molecule has 0 spiro atoms. The van der Waals surface area contributed by atoms with E-state index < -0.39 is 0 Å². The molecule has 86 valence electrons. The minimum absolute atomic E-state index is 0.967. The summed E-state index contributed by atoms with van der Waals surface area (Å²) in [6.07, 6.45) is 5.80. The average Bonchev–Trinajstić information content (AvgIpc) is 2.72. The van der Waals surface area contributed by atoms with Crippen LogP contribution in [-0.4, -0.2) is 21.0 Å². The van der Waals surface area contributed by atoms with Gasteiger partial charge in [-0.25, -0.2) is 9.98 Å². The summed E-state index contributed by atoms with van der Waals surface area (Å²) < 4.78 is 2.03. The van der Waals surface area contributed by atoms with Gasteiger partial charge in [-0.15, -0.1) is 0 Å². The van der Waals surface area contributed by atoms with Crippen LogP contribution in [0.2, 0.25) is 0 Å². The van der Waals surface area contributed by atoms with Crippen LogP contribution >= 0.6 is 23.5 Å². The molecule has 0 fully saturated rings. The highest BCUT2D eigenvalue weighted by atomic mass is 32.2. The Labute approximate surface area is 108 Å². The second-order valence-corrected chi connectivity index (χ2v) is 5.53. The Morgan fingerprint density at radius 1 is 1.35 bits per heavy atom. The van der Waals surface area contributed by atoms with E-state index in [4.69, 9.17) is 4.99 Å². The monoisotopic (exact) mass is 261 g/mol. The fourth-order valence-electron chi connectivity index (χ4n) is 1.71. The van der Waals surface area contributed by atoms with E-state index in [0.29, 0.717) is 0 Å². The van der Waals surface area contributed by atoms with Crippen molar-refractivity contribution < 1.29 is 0 Å². The van der Waals surface area contributed by atoms with Gasteiger partial charge < -0.3 is 0 Å². The van der Waals surface area contributed by atoms with E-state index in [-0.39, 0.29) is 0 Å². The fraction of sp³-hybridized carbons (Fsp3) is 0.167. The lowest BCUT2D eigenvalue weighted by Crippen LogP contribution is -2.05. The Bertz CT molecular complexity index is 602. The predicted molar refractivity (Wildman–Crippen MR) is 73.5 cm³/mol. The Morgan fingerprint density at radius 2 is 2.24 bits per heavy atom. The lowest BCUT2D eigenvalue weighted by molar-refractivity contribution is 0.960. The first kappa shape index (κ1) is 10.9. The standard InChI is InChI=1S/C12H11N3S2/c1-8-3-4-10-9(7-8)14-12(16-2)15-6-5-13-11(15)17-10/h3-7H,1-2H3. The first-order chi connectivity index (χ1) is 8.28. The number of hydrogen-bond acceptors (Lipinski definition) is 4. The summed E-state index contributed by atoms with van der Waals surface area (Å²) in [6, 6.07) is 6.34. The van der Waals surface area contributed by atoms with Crippen molar-refractivity contribution in [1.29, 1.82) is 0 Å². The van der Waals surface area contributed by atoms with Gasteiger partial charge in [-0.05, 0) is 42.6 Å². The number of fused-ring (bicyclic) bond motifs is 2. The molecule has 0 amide bonds. The zero-order valence-corrected chi connectivity index (χ0v) is 11.2. The summed E-state index contributed by atoms with van der Waals surface area (Å²) >= 11 is 3.30. The molecule has 0 unspecified atom stereocenters. The van der Waals surface area contributed by atoms with Gasteiger partial charge in [-0.1, -0.05) is 17.8 Å². The van der Waals surface area contributed by atoms with Crippen LogP contribution in [0.25, 0.3) is 0 Å². The van der Waals surface area contributed by atoms with Gasteiger partial charge in [0.2, 0.25) is 0 Å². The summed E-state index contributed by atoms with van der Waals surface area (Å²) in [7, 11) is 0. The molecule has 2 aromatic rings. The number of benzene rings is 1. The first-order valence-corrected chi connectivity index (χ1v) is 7.27. The normalized spacial score (nSPS) is 13.6. The number of rotatable bonds is 0. The summed E-state index contributed by atoms with van der Waals surface area (Å²) in [5.74, 6) is 0. The Kier molecular flexibility index (Phi) is 2.72. The van der Waals surface area contributed by atoms with Gasteiger partial charge in [0.25, 0.3) is 0 Å². The van der Waals surface area contributed by atoms with Crippen LogP contribution in [0.15, 0.2) is 45.6 Å². The van der Waals surface area contributed by atoms with Crippen LogP contribution in [0.3, 0.4) is 0 Å². The van der Waals surface area contributed by atoms with Gasteiger partial charge in [0.1, 0.15) is 0 Å². The maximum atomic E-state index is 4.71. The molecule has 0 radical (unpaired) electrons. The van der Waals surface area contributed by atoms with E-state index >= 15 is 0 Å². The summed E-state index contributed by atoms with van der Waals surface area (Å²) in [5, 5.41) is 1.94. The summed E-state index contributed by atoms with van der Waals surface area (Å²) in [6.45, 7) is 2.09. The van der Waals surface area contributed by atoms with Crippen molar-refractivity contribution in [2.75, 3.05) is 6.26 Å². The van der Waals surface area contributed by atoms with Crippen molar-refractivity contribution >= 4 is 34.4 Å². The molecule has 3 nitrogen and oxygen atoms in total. The zero-order valence-electron chi connectivity index (χ0n) is 9.54. The molecule has 0 saturated heterocycles. The predicted octanol–water partition coefficient (Wildman–Crippen LogP) is 3.55. The molecule has 0 saturated carbocycles. The minimum atomic E-state index is 0.967. The van der Waals surface area contributed by atoms with E-state index in [2.05, 4.69) is 30.1 Å². The molecular weight excluding hydrogens is 250 g/mol. The molecular formula is C12H11N3S2. The Hall–Kier alpha value is -1.20. The van der Waals surface area contributed by atoms with E-state index in [9.17, 15) is 0 Å². The molecule has 0 bridgehead atoms. The van der Waals surface area contributed by atoms with E-state index in [0.717, 1.165) is 20.9 Å². The highest BCUT2D eigenvalue weighted by molar-refractivity contribution is 8.13. The van der Waals surface area contributed by atoms with Gasteiger partial charge >= 0.3 is 0 Å². The van der Waals surface area contributed by atoms with Gasteiger partial charge in [0.15, 0.2) is 10.3 Å². The zero-order chi connectivity index (χ0) is 11.8. The Balaban J connectivity index is 2.22. The Morgan fingerprint density at radius 3 is 3.06 bits per heavy atom. The highest BCUT2D eigenvalue weighted by Gasteiger charge is 2.16. The number of aromatic nitrogens is 2. The molecule has 2 heterocycles. The smallest absolute Gasteiger partial charge is 0.179 e. The van der Waals surface area contributed by atoms with Gasteiger partial charge in [0.05, 0.1) is 5.69 Å². The molecule has 0 aliphatic carbocycles. The van der Waals surface area contributed by atoms with Gasteiger partial charge in [-0.2, -0.15) is 0 Å². The maximum Gasteiger partial charge on any atom is 0.179 e. The van der Waals surface area contributed by atoms with Crippen molar-refractivity contribution in [3.63, 3.8) is 0 Å². The molecule has 0 N–H and O–H groups in total. The second kappa shape index (κ2) is 4.23. The molecule has 17 heavy (non-hydrogen) atoms. The van der Waals surface area contributed by atoms with Crippen molar-refractivity contribution in [3.05, 3.63) is 36.2 Å². The van der Waals surface area contributed by atoms with Crippen LogP contribution in [0.5, 0.6) is 0 Å². The van der Waals surface area contributed by atoms with Crippen molar-refractivity contribution in [3.8, 4) is 0 Å². The number of aryl methyl sites for hydroxylation is 1. The van der Waals surface area contributed by atoms with Crippen LogP contribution in [-0.2, 0) is 0 Å². The third-order valence-electron chi connectivity index (χ3n) is 2.53. The molecule has 5 heteroatoms. The number of nitrogens with zero attached hydrogens (tertiary/aromatic N) is 3. The fourth-order valence-corrected chi connectivity index (χ4v) is 3.20. The van der Waals surface area contributed by atoms with Crippen LogP contribution < -0.4 is 0 Å². The van der Waals surface area contributed by atoms with Gasteiger partial charge in [-0.3, -0.25) is 4.57 Å². The van der Waals surface area contributed by atoms with Crippen LogP contribution in [0.1, 0.15) is 5.56 Å². The van der Waals surface area contributed by atoms with Crippen LogP contribution in [0, 0.1) is 6.92 Å². The van der Waals surface area contributed by atoms with E-state index in [1.807, 2.05) is 23.2 Å². The molecule has 1 aromatic carbocycles. The largest absolute Gasteiger partial charge is 0.273 e. The summed E-state index contributed by atoms with van der Waals surface area (Å²) in [5.41, 5.74) is 2.26. The average molecular weight is 261 g/mol. The number of aliphatic imine (C=N–C) groups is 1. The number of thioether (sulfide) groups is 1. The molecule has 1 aromatic heterocycles. The highest BCUT2D eigenvalue weighted by Crippen LogP contribution is 2.38. The number of hydrogen-bond donors (Lipinski definition) is 0. The SMILES string of the molecule is CSC1=Nc2cc(C)ccc2Sc2nccn21. The summed E-state index contributed by atoms with van der Waals surface area (Å²) in [4.78, 5) is 10.2. The third kappa shape index (κ3) is 1.89. The van der Waals surface area contributed by atoms with Crippen molar-refractivity contribution in [2.24, 2.45) is 4.99 Å². The molecule has 1 aliphatic rings. The lowest BCUT2D eigenvalue weighted by Gasteiger charge is -2.03. The van der Waals surface area contributed by atoms with Crippen LogP contribution in [0.4, 0.5) is 5.69 Å². The van der Waals surface area contributed by atoms with E-state index in [1.165, 1.54) is 5.56 Å². The topological polar surface area (TPSA) is 30.2 Å². The minimum Gasteiger partial charge on any atom is -0.273 e. The molecule has 3 rings (SSSR count).